The molecule has 19 heavy (non-hydrogen) atoms. The maximum Gasteiger partial charge on any atom is 0.340 e. The lowest BCUT2D eigenvalue weighted by molar-refractivity contribution is 0.391. The molecule has 102 valence electrons. The van der Waals surface area contributed by atoms with Crippen LogP contribution in [0.1, 0.15) is 0 Å². The quantitative estimate of drug-likeness (QED) is 0.658. The minimum Gasteiger partial charge on any atom is -0.503 e. The fourth-order valence-electron chi connectivity index (χ4n) is 1.42. The Hall–Kier alpha value is -2.16. The van der Waals surface area contributed by atoms with Crippen LogP contribution < -0.4 is 9.81 Å². The van der Waals surface area contributed by atoms with E-state index in [0.717, 1.165) is 0 Å². The summed E-state index contributed by atoms with van der Waals surface area (Å²) >= 11 is 0. The van der Waals surface area contributed by atoms with E-state index in [9.17, 15) is 22.0 Å². The van der Waals surface area contributed by atoms with Gasteiger partial charge in [-0.2, -0.15) is 12.8 Å². The van der Waals surface area contributed by atoms with Crippen molar-refractivity contribution in [3.63, 3.8) is 0 Å². The van der Waals surface area contributed by atoms with Crippen LogP contribution in [-0.2, 0) is 10.1 Å². The summed E-state index contributed by atoms with van der Waals surface area (Å²) in [6.45, 7) is 0. The molecular formula is C10H6F2O6S. The van der Waals surface area contributed by atoms with Crippen LogP contribution in [-0.4, -0.2) is 19.8 Å². The van der Waals surface area contributed by atoms with E-state index >= 15 is 0 Å². The average Bonchev–Trinajstić information content (AvgIpc) is 2.26. The van der Waals surface area contributed by atoms with E-state index in [1.54, 1.807) is 0 Å². The molecule has 1 aromatic heterocycles. The first-order valence-electron chi connectivity index (χ1n) is 4.73. The van der Waals surface area contributed by atoms with Crippen molar-refractivity contribution in [2.75, 3.05) is 6.26 Å². The summed E-state index contributed by atoms with van der Waals surface area (Å²) in [7, 11) is -4.01. The summed E-state index contributed by atoms with van der Waals surface area (Å²) in [5.41, 5.74) is -1.92. The number of hydrogen-bond acceptors (Lipinski definition) is 6. The summed E-state index contributed by atoms with van der Waals surface area (Å²) in [6, 6.07) is 1.22. The van der Waals surface area contributed by atoms with Crippen LogP contribution in [0, 0.1) is 11.6 Å². The zero-order chi connectivity index (χ0) is 14.4. The molecule has 0 atom stereocenters. The smallest absolute Gasteiger partial charge is 0.340 e. The van der Waals surface area contributed by atoms with Gasteiger partial charge in [-0.15, -0.1) is 0 Å². The molecule has 2 aromatic rings. The monoisotopic (exact) mass is 292 g/mol. The van der Waals surface area contributed by atoms with Crippen LogP contribution in [0.25, 0.3) is 11.0 Å². The number of phenols is 1. The Morgan fingerprint density at radius 1 is 1.32 bits per heavy atom. The Labute approximate surface area is 105 Å². The van der Waals surface area contributed by atoms with Gasteiger partial charge in [0.2, 0.25) is 5.82 Å². The first-order valence-corrected chi connectivity index (χ1v) is 6.55. The summed E-state index contributed by atoms with van der Waals surface area (Å²) < 4.78 is 57.6. The number of fused-ring (bicyclic) bond motifs is 1. The highest BCUT2D eigenvalue weighted by Crippen LogP contribution is 2.33. The normalized spacial score (nSPS) is 11.7. The number of aromatic hydroxyl groups is 1. The van der Waals surface area contributed by atoms with Gasteiger partial charge in [0, 0.05) is 0 Å². The molecule has 9 heteroatoms. The van der Waals surface area contributed by atoms with Gasteiger partial charge in [-0.3, -0.25) is 0 Å². The third-order valence-corrected chi connectivity index (χ3v) is 2.59. The van der Waals surface area contributed by atoms with Crippen molar-refractivity contribution in [3.8, 4) is 11.5 Å². The topological polar surface area (TPSA) is 93.8 Å². The van der Waals surface area contributed by atoms with E-state index in [1.165, 1.54) is 0 Å². The minimum atomic E-state index is -4.01. The first kappa shape index (κ1) is 13.3. The van der Waals surface area contributed by atoms with Crippen molar-refractivity contribution in [1.82, 2.24) is 0 Å². The third-order valence-electron chi connectivity index (χ3n) is 2.11. The number of rotatable bonds is 2. The highest BCUT2D eigenvalue weighted by molar-refractivity contribution is 7.86. The van der Waals surface area contributed by atoms with Crippen molar-refractivity contribution in [2.24, 2.45) is 0 Å². The molecule has 0 bridgehead atoms. The Morgan fingerprint density at radius 2 is 1.95 bits per heavy atom. The van der Waals surface area contributed by atoms with Crippen LogP contribution >= 0.6 is 0 Å². The first-order chi connectivity index (χ1) is 8.69. The Morgan fingerprint density at radius 3 is 2.53 bits per heavy atom. The minimum absolute atomic E-state index is 0.433. The molecule has 0 radical (unpaired) electrons. The lowest BCUT2D eigenvalue weighted by Crippen LogP contribution is -2.09. The standard InChI is InChI=1S/C10H6F2O6S/c1-19(15,16)18-6-3-7(13)17-10-4(6)2-5(11)9(14)8(10)12/h2-3,14H,1H3. The zero-order valence-corrected chi connectivity index (χ0v) is 10.1. The van der Waals surface area contributed by atoms with Gasteiger partial charge >= 0.3 is 15.7 Å². The molecule has 0 amide bonds. The van der Waals surface area contributed by atoms with E-state index in [2.05, 4.69) is 8.60 Å². The second-order valence-corrected chi connectivity index (χ2v) is 5.19. The summed E-state index contributed by atoms with van der Waals surface area (Å²) in [6.07, 6.45) is 0.695. The van der Waals surface area contributed by atoms with Gasteiger partial charge in [0.25, 0.3) is 0 Å². The predicted molar refractivity (Wildman–Crippen MR) is 59.5 cm³/mol. The van der Waals surface area contributed by atoms with Gasteiger partial charge < -0.3 is 13.7 Å². The number of hydrogen-bond donors (Lipinski definition) is 1. The summed E-state index contributed by atoms with van der Waals surface area (Å²) in [4.78, 5) is 11.2. The molecule has 0 aliphatic rings. The highest BCUT2D eigenvalue weighted by Gasteiger charge is 2.20. The van der Waals surface area contributed by atoms with Gasteiger partial charge in [-0.05, 0) is 6.07 Å². The number of halogens is 2. The zero-order valence-electron chi connectivity index (χ0n) is 9.31. The van der Waals surface area contributed by atoms with Crippen LogP contribution in [0.5, 0.6) is 11.5 Å². The van der Waals surface area contributed by atoms with Crippen LogP contribution in [0.3, 0.4) is 0 Å². The van der Waals surface area contributed by atoms with E-state index in [0.29, 0.717) is 18.4 Å². The van der Waals surface area contributed by atoms with E-state index in [4.69, 9.17) is 5.11 Å². The second-order valence-electron chi connectivity index (χ2n) is 3.61. The van der Waals surface area contributed by atoms with Gasteiger partial charge in [0.1, 0.15) is 0 Å². The molecule has 2 rings (SSSR count). The van der Waals surface area contributed by atoms with Crippen LogP contribution in [0.2, 0.25) is 0 Å². The summed E-state index contributed by atoms with van der Waals surface area (Å²) in [5, 5.41) is 8.61. The molecule has 1 heterocycles. The Bertz CT molecular complexity index is 824. The SMILES string of the molecule is CS(=O)(=O)Oc1cc(=O)oc2c(F)c(O)c(F)cc12. The molecule has 0 aliphatic carbocycles. The molecule has 1 aromatic carbocycles. The Kier molecular flexibility index (Phi) is 2.93. The second kappa shape index (κ2) is 4.19. The summed E-state index contributed by atoms with van der Waals surface area (Å²) in [5.74, 6) is -4.80. The van der Waals surface area contributed by atoms with E-state index in [1.807, 2.05) is 0 Å². The Balaban J connectivity index is 2.89. The fraction of sp³-hybridized carbons (Fsp3) is 0.100. The van der Waals surface area contributed by atoms with Crippen LogP contribution in [0.15, 0.2) is 21.3 Å². The third kappa shape index (κ3) is 2.50. The largest absolute Gasteiger partial charge is 0.503 e. The predicted octanol–water partition coefficient (Wildman–Crippen LogP) is 1.12. The van der Waals surface area contributed by atoms with Crippen molar-refractivity contribution in [3.05, 3.63) is 34.2 Å². The number of phenolic OH excluding ortho intramolecular Hbond substituents is 1. The van der Waals surface area contributed by atoms with Crippen molar-refractivity contribution < 1.29 is 30.9 Å². The van der Waals surface area contributed by atoms with Gasteiger partial charge in [-0.1, -0.05) is 0 Å². The van der Waals surface area contributed by atoms with Crippen molar-refractivity contribution in [1.29, 1.82) is 0 Å². The van der Waals surface area contributed by atoms with E-state index < -0.39 is 49.8 Å². The van der Waals surface area contributed by atoms with Crippen molar-refractivity contribution in [2.45, 2.75) is 0 Å². The lowest BCUT2D eigenvalue weighted by Gasteiger charge is -2.07. The van der Waals surface area contributed by atoms with Crippen molar-refractivity contribution >= 4 is 21.1 Å². The molecule has 0 unspecified atom stereocenters. The van der Waals surface area contributed by atoms with Gasteiger partial charge in [0.15, 0.2) is 22.9 Å². The maximum atomic E-state index is 13.5. The van der Waals surface area contributed by atoms with Gasteiger partial charge in [-0.25, -0.2) is 9.18 Å². The molecule has 6 nitrogen and oxygen atoms in total. The lowest BCUT2D eigenvalue weighted by atomic mass is 10.2. The molecular weight excluding hydrogens is 286 g/mol. The van der Waals surface area contributed by atoms with E-state index in [-0.39, 0.29) is 0 Å². The molecule has 0 saturated carbocycles. The highest BCUT2D eigenvalue weighted by atomic mass is 32.2. The molecule has 0 fully saturated rings. The molecule has 1 N–H and O–H groups in total. The number of benzene rings is 1. The average molecular weight is 292 g/mol. The molecule has 0 saturated heterocycles. The van der Waals surface area contributed by atoms with Gasteiger partial charge in [0.05, 0.1) is 17.7 Å². The van der Waals surface area contributed by atoms with Crippen LogP contribution in [0.4, 0.5) is 8.78 Å². The fourth-order valence-corrected chi connectivity index (χ4v) is 1.88. The molecule has 0 spiro atoms. The molecule has 0 aliphatic heterocycles. The maximum absolute atomic E-state index is 13.5.